The van der Waals surface area contributed by atoms with Crippen molar-refractivity contribution in [3.05, 3.63) is 65.7 Å². The summed E-state index contributed by atoms with van der Waals surface area (Å²) in [7, 11) is -1.02. The van der Waals surface area contributed by atoms with Crippen molar-refractivity contribution >= 4 is 28.3 Å². The van der Waals surface area contributed by atoms with Crippen LogP contribution in [0.5, 0.6) is 0 Å². The lowest BCUT2D eigenvalue weighted by molar-refractivity contribution is -0.126. The zero-order valence-corrected chi connectivity index (χ0v) is 18.1. The number of nitrogens with one attached hydrogen (secondary N) is 2. The van der Waals surface area contributed by atoms with Gasteiger partial charge in [-0.25, -0.2) is 0 Å². The smallest absolute Gasteiger partial charge is 0.226 e. The van der Waals surface area contributed by atoms with Gasteiger partial charge in [-0.3, -0.25) is 13.8 Å². The van der Waals surface area contributed by atoms with Gasteiger partial charge < -0.3 is 10.6 Å². The first kappa shape index (κ1) is 22.2. The summed E-state index contributed by atoms with van der Waals surface area (Å²) in [6.45, 7) is 0.349. The maximum atomic E-state index is 12.4. The van der Waals surface area contributed by atoms with Crippen molar-refractivity contribution in [3.63, 3.8) is 0 Å². The lowest BCUT2D eigenvalue weighted by Crippen LogP contribution is -2.34. The zero-order chi connectivity index (χ0) is 21.2. The Morgan fingerprint density at radius 3 is 2.37 bits per heavy atom. The van der Waals surface area contributed by atoms with Gasteiger partial charge in [0.25, 0.3) is 0 Å². The zero-order valence-electron chi connectivity index (χ0n) is 17.3. The quantitative estimate of drug-likeness (QED) is 0.632. The summed E-state index contributed by atoms with van der Waals surface area (Å²) >= 11 is 0. The molecule has 2 aromatic rings. The van der Waals surface area contributed by atoms with Crippen LogP contribution in [0.2, 0.25) is 0 Å². The number of anilines is 1. The second kappa shape index (κ2) is 11.6. The van der Waals surface area contributed by atoms with E-state index in [9.17, 15) is 13.8 Å². The minimum Gasteiger partial charge on any atom is -0.355 e. The summed E-state index contributed by atoms with van der Waals surface area (Å²) < 4.78 is 12.4. The first-order valence-corrected chi connectivity index (χ1v) is 12.1. The van der Waals surface area contributed by atoms with Gasteiger partial charge in [-0.05, 0) is 36.1 Å². The average molecular weight is 427 g/mol. The molecule has 2 amide bonds. The summed E-state index contributed by atoms with van der Waals surface area (Å²) in [6.07, 6.45) is 5.59. The lowest BCUT2D eigenvalue weighted by Gasteiger charge is -2.20. The Hall–Kier alpha value is -2.47. The van der Waals surface area contributed by atoms with Crippen molar-refractivity contribution in [2.45, 2.75) is 50.0 Å². The average Bonchev–Trinajstić information content (AvgIpc) is 2.75. The van der Waals surface area contributed by atoms with Gasteiger partial charge in [-0.15, -0.1) is 0 Å². The van der Waals surface area contributed by atoms with E-state index in [2.05, 4.69) is 10.6 Å². The summed E-state index contributed by atoms with van der Waals surface area (Å²) in [5, 5.41) is 5.76. The van der Waals surface area contributed by atoms with Crippen molar-refractivity contribution in [1.29, 1.82) is 0 Å². The highest BCUT2D eigenvalue weighted by atomic mass is 32.2. The van der Waals surface area contributed by atoms with Crippen LogP contribution in [0.4, 0.5) is 5.69 Å². The Bertz CT molecular complexity index is 864. The van der Waals surface area contributed by atoms with Crippen molar-refractivity contribution in [3.8, 4) is 0 Å². The molecule has 0 radical (unpaired) electrons. The predicted molar refractivity (Wildman–Crippen MR) is 121 cm³/mol. The summed E-state index contributed by atoms with van der Waals surface area (Å²) in [6, 6.07) is 17.2. The molecule has 1 fully saturated rings. The Kier molecular flexibility index (Phi) is 8.63. The molecule has 0 spiro atoms. The largest absolute Gasteiger partial charge is 0.355 e. The molecular formula is C24H30N2O3S. The molecule has 5 nitrogen and oxygen atoms in total. The molecule has 0 bridgehead atoms. The molecule has 0 aliphatic heterocycles. The van der Waals surface area contributed by atoms with E-state index in [4.69, 9.17) is 0 Å². The molecule has 3 rings (SSSR count). The standard InChI is InChI=1S/C24H30N2O3S/c27-23(14-15-25-24(28)21-11-5-2-6-12-21)26-22-13-7-10-20(16-22)18-30(29)17-19-8-3-1-4-9-19/h1,3-4,7-10,13,16,21H,2,5-6,11-12,14-15,17-18H2,(H,25,28)(H,26,27). The van der Waals surface area contributed by atoms with E-state index < -0.39 is 10.8 Å². The monoisotopic (exact) mass is 426 g/mol. The normalized spacial score (nSPS) is 15.3. The van der Waals surface area contributed by atoms with Crippen molar-refractivity contribution < 1.29 is 13.8 Å². The van der Waals surface area contributed by atoms with E-state index in [1.807, 2.05) is 54.6 Å². The van der Waals surface area contributed by atoms with E-state index >= 15 is 0 Å². The molecule has 0 aromatic heterocycles. The van der Waals surface area contributed by atoms with Gasteiger partial charge >= 0.3 is 0 Å². The summed E-state index contributed by atoms with van der Waals surface area (Å²) in [5.41, 5.74) is 2.66. The van der Waals surface area contributed by atoms with Crippen molar-refractivity contribution in [2.24, 2.45) is 5.92 Å². The molecule has 1 aliphatic carbocycles. The summed E-state index contributed by atoms with van der Waals surface area (Å²) in [4.78, 5) is 24.4. The minimum atomic E-state index is -1.02. The van der Waals surface area contributed by atoms with Crippen LogP contribution in [0, 0.1) is 5.92 Å². The van der Waals surface area contributed by atoms with Crippen LogP contribution in [0.25, 0.3) is 0 Å². The lowest BCUT2D eigenvalue weighted by atomic mass is 9.89. The molecular weight excluding hydrogens is 396 g/mol. The maximum absolute atomic E-state index is 12.4. The van der Waals surface area contributed by atoms with E-state index in [-0.39, 0.29) is 24.2 Å². The minimum absolute atomic E-state index is 0.0744. The third kappa shape index (κ3) is 7.41. The third-order valence-corrected chi connectivity index (χ3v) is 6.65. The fourth-order valence-electron chi connectivity index (χ4n) is 3.77. The number of rotatable bonds is 9. The van der Waals surface area contributed by atoms with E-state index in [0.717, 1.165) is 36.8 Å². The van der Waals surface area contributed by atoms with Crippen LogP contribution >= 0.6 is 0 Å². The highest BCUT2D eigenvalue weighted by Crippen LogP contribution is 2.23. The first-order valence-electron chi connectivity index (χ1n) is 10.7. The highest BCUT2D eigenvalue weighted by molar-refractivity contribution is 7.83. The number of carbonyl (C=O) groups is 2. The molecule has 30 heavy (non-hydrogen) atoms. The molecule has 1 unspecified atom stereocenters. The fourth-order valence-corrected chi connectivity index (χ4v) is 4.99. The van der Waals surface area contributed by atoms with Crippen LogP contribution in [0.1, 0.15) is 49.7 Å². The van der Waals surface area contributed by atoms with Crippen LogP contribution in [0.15, 0.2) is 54.6 Å². The van der Waals surface area contributed by atoms with E-state index in [0.29, 0.717) is 23.7 Å². The Balaban J connectivity index is 1.42. The molecule has 2 aromatic carbocycles. The van der Waals surface area contributed by atoms with Gasteiger partial charge in [0.2, 0.25) is 11.8 Å². The Morgan fingerprint density at radius 1 is 0.900 bits per heavy atom. The molecule has 2 N–H and O–H groups in total. The second-order valence-corrected chi connectivity index (χ2v) is 9.30. The molecule has 1 aliphatic rings. The van der Waals surface area contributed by atoms with Gasteiger partial charge in [0.05, 0.1) is 0 Å². The second-order valence-electron chi connectivity index (χ2n) is 7.84. The van der Waals surface area contributed by atoms with Crippen LogP contribution in [-0.2, 0) is 31.9 Å². The number of benzene rings is 2. The topological polar surface area (TPSA) is 75.3 Å². The molecule has 1 atom stereocenters. The number of hydrogen-bond acceptors (Lipinski definition) is 3. The van der Waals surface area contributed by atoms with Crippen LogP contribution < -0.4 is 10.6 Å². The fraction of sp³-hybridized carbons (Fsp3) is 0.417. The van der Waals surface area contributed by atoms with Gasteiger partial charge in [0, 0.05) is 46.9 Å². The molecule has 0 saturated heterocycles. The Morgan fingerprint density at radius 2 is 1.60 bits per heavy atom. The van der Waals surface area contributed by atoms with E-state index in [1.165, 1.54) is 6.42 Å². The van der Waals surface area contributed by atoms with Crippen molar-refractivity contribution in [1.82, 2.24) is 5.32 Å². The maximum Gasteiger partial charge on any atom is 0.226 e. The molecule has 6 heteroatoms. The SMILES string of the molecule is O=C(CCNC(=O)C1CCCCC1)Nc1cccc(CS(=O)Cc2ccccc2)c1. The van der Waals surface area contributed by atoms with E-state index in [1.54, 1.807) is 0 Å². The number of hydrogen-bond donors (Lipinski definition) is 2. The molecule has 0 heterocycles. The number of carbonyl (C=O) groups excluding carboxylic acids is 2. The van der Waals surface area contributed by atoms with Crippen LogP contribution in [0.3, 0.4) is 0 Å². The van der Waals surface area contributed by atoms with Crippen molar-refractivity contribution in [2.75, 3.05) is 11.9 Å². The molecule has 160 valence electrons. The highest BCUT2D eigenvalue weighted by Gasteiger charge is 2.20. The van der Waals surface area contributed by atoms with Crippen LogP contribution in [-0.4, -0.2) is 22.6 Å². The number of amides is 2. The molecule has 1 saturated carbocycles. The van der Waals surface area contributed by atoms with Gasteiger partial charge in [-0.2, -0.15) is 0 Å². The van der Waals surface area contributed by atoms with Gasteiger partial charge in [-0.1, -0.05) is 61.7 Å². The predicted octanol–water partition coefficient (Wildman–Crippen LogP) is 4.16. The Labute approximate surface area is 181 Å². The first-order chi connectivity index (χ1) is 14.6. The summed E-state index contributed by atoms with van der Waals surface area (Å²) in [5.74, 6) is 0.996. The van der Waals surface area contributed by atoms with Gasteiger partial charge in [0.1, 0.15) is 0 Å². The third-order valence-electron chi connectivity index (χ3n) is 5.34. The van der Waals surface area contributed by atoms with Gasteiger partial charge in [0.15, 0.2) is 0 Å².